The molecular formula is C10H16BrNS. The summed E-state index contributed by atoms with van der Waals surface area (Å²) >= 11 is 5.50. The second-order valence-corrected chi connectivity index (χ2v) is 5.82. The van der Waals surface area contributed by atoms with Crippen molar-refractivity contribution in [1.82, 2.24) is 4.98 Å². The molecule has 0 aliphatic carbocycles. The lowest BCUT2D eigenvalue weighted by molar-refractivity contribution is 0.687. The molecule has 0 radical (unpaired) electrons. The smallest absolute Gasteiger partial charge is 0.0970 e. The van der Waals surface area contributed by atoms with Crippen LogP contribution in [-0.2, 0) is 0 Å². The predicted octanol–water partition coefficient (Wildman–Crippen LogP) is 4.04. The van der Waals surface area contributed by atoms with E-state index in [2.05, 4.69) is 48.6 Å². The van der Waals surface area contributed by atoms with E-state index in [4.69, 9.17) is 0 Å². The number of aryl methyl sites for hydroxylation is 2. The maximum atomic E-state index is 4.57. The molecule has 0 spiro atoms. The van der Waals surface area contributed by atoms with Gasteiger partial charge < -0.3 is 0 Å². The molecule has 0 bridgehead atoms. The van der Waals surface area contributed by atoms with Crippen LogP contribution in [0.4, 0.5) is 0 Å². The fourth-order valence-corrected chi connectivity index (χ4v) is 2.67. The second kappa shape index (κ2) is 4.56. The quantitative estimate of drug-likeness (QED) is 0.749. The molecule has 0 fully saturated rings. The molecule has 1 nitrogen and oxygen atoms in total. The van der Waals surface area contributed by atoms with Crippen molar-refractivity contribution < 1.29 is 0 Å². The first-order chi connectivity index (χ1) is 6.06. The lowest BCUT2D eigenvalue weighted by atomic mass is 10.1. The molecule has 1 rings (SSSR count). The molecule has 1 aromatic heterocycles. The molecule has 0 saturated heterocycles. The predicted molar refractivity (Wildman–Crippen MR) is 63.0 cm³/mol. The van der Waals surface area contributed by atoms with Crippen LogP contribution in [0.2, 0.25) is 0 Å². The van der Waals surface area contributed by atoms with Crippen LogP contribution in [0.1, 0.15) is 41.8 Å². The zero-order valence-corrected chi connectivity index (χ0v) is 11.0. The van der Waals surface area contributed by atoms with Crippen molar-refractivity contribution in [3.63, 3.8) is 0 Å². The van der Waals surface area contributed by atoms with Crippen molar-refractivity contribution in [2.75, 3.05) is 0 Å². The van der Waals surface area contributed by atoms with Crippen LogP contribution in [0.3, 0.4) is 0 Å². The highest BCUT2D eigenvalue weighted by Crippen LogP contribution is 2.30. The van der Waals surface area contributed by atoms with Crippen molar-refractivity contribution in [3.8, 4) is 0 Å². The van der Waals surface area contributed by atoms with E-state index in [0.717, 1.165) is 6.42 Å². The minimum atomic E-state index is 0.530. The fourth-order valence-electron chi connectivity index (χ4n) is 1.20. The standard InChI is InChI=1S/C10H16BrNS/c1-5-9(11)6(2)10-12-7(3)8(4)13-10/h6,9H,5H2,1-4H3. The summed E-state index contributed by atoms with van der Waals surface area (Å²) in [7, 11) is 0. The monoisotopic (exact) mass is 261 g/mol. The Balaban J connectivity index is 2.82. The number of thiazole rings is 1. The molecule has 0 N–H and O–H groups in total. The SMILES string of the molecule is CCC(Br)C(C)c1nc(C)c(C)s1. The first-order valence-corrected chi connectivity index (χ1v) is 6.37. The summed E-state index contributed by atoms with van der Waals surface area (Å²) in [6.45, 7) is 8.65. The lowest BCUT2D eigenvalue weighted by Gasteiger charge is -2.13. The van der Waals surface area contributed by atoms with Gasteiger partial charge in [0.2, 0.25) is 0 Å². The molecule has 0 amide bonds. The molecule has 2 unspecified atom stereocenters. The Labute approximate surface area is 92.7 Å². The Morgan fingerprint density at radius 1 is 1.46 bits per heavy atom. The van der Waals surface area contributed by atoms with Gasteiger partial charge in [-0.2, -0.15) is 0 Å². The Bertz CT molecular complexity index is 263. The van der Waals surface area contributed by atoms with Crippen molar-refractivity contribution in [2.24, 2.45) is 0 Å². The van der Waals surface area contributed by atoms with Gasteiger partial charge in [0.15, 0.2) is 0 Å². The van der Waals surface area contributed by atoms with E-state index in [-0.39, 0.29) is 0 Å². The maximum absolute atomic E-state index is 4.57. The van der Waals surface area contributed by atoms with Gasteiger partial charge in [-0.3, -0.25) is 0 Å². The fraction of sp³-hybridized carbons (Fsp3) is 0.700. The molecule has 2 atom stereocenters. The lowest BCUT2D eigenvalue weighted by Crippen LogP contribution is -2.07. The summed E-state index contributed by atoms with van der Waals surface area (Å²) < 4.78 is 0. The summed E-state index contributed by atoms with van der Waals surface area (Å²) in [5.41, 5.74) is 1.18. The van der Waals surface area contributed by atoms with Gasteiger partial charge in [-0.15, -0.1) is 11.3 Å². The third-order valence-electron chi connectivity index (χ3n) is 2.37. The van der Waals surface area contributed by atoms with E-state index in [9.17, 15) is 0 Å². The summed E-state index contributed by atoms with van der Waals surface area (Å²) in [6.07, 6.45) is 1.15. The highest BCUT2D eigenvalue weighted by molar-refractivity contribution is 9.09. The molecule has 3 heteroatoms. The first-order valence-electron chi connectivity index (χ1n) is 4.64. The zero-order chi connectivity index (χ0) is 10.0. The Hall–Kier alpha value is 0.110. The van der Waals surface area contributed by atoms with Gasteiger partial charge in [0.05, 0.1) is 10.7 Å². The van der Waals surface area contributed by atoms with Gasteiger partial charge in [-0.25, -0.2) is 4.98 Å². The van der Waals surface area contributed by atoms with Crippen LogP contribution in [0.15, 0.2) is 0 Å². The maximum Gasteiger partial charge on any atom is 0.0970 e. The normalized spacial score (nSPS) is 15.8. The van der Waals surface area contributed by atoms with E-state index < -0.39 is 0 Å². The van der Waals surface area contributed by atoms with Crippen LogP contribution in [-0.4, -0.2) is 9.81 Å². The Kier molecular flexibility index (Phi) is 3.92. The van der Waals surface area contributed by atoms with Crippen LogP contribution in [0.25, 0.3) is 0 Å². The van der Waals surface area contributed by atoms with Crippen molar-refractivity contribution >= 4 is 27.3 Å². The second-order valence-electron chi connectivity index (χ2n) is 3.41. The molecule has 1 aromatic rings. The van der Waals surface area contributed by atoms with Gasteiger partial charge in [0.25, 0.3) is 0 Å². The zero-order valence-electron chi connectivity index (χ0n) is 8.60. The highest BCUT2D eigenvalue weighted by atomic mass is 79.9. The molecule has 1 heterocycles. The van der Waals surface area contributed by atoms with E-state index >= 15 is 0 Å². The number of halogens is 1. The van der Waals surface area contributed by atoms with Crippen LogP contribution >= 0.6 is 27.3 Å². The van der Waals surface area contributed by atoms with E-state index in [1.807, 2.05) is 11.3 Å². The van der Waals surface area contributed by atoms with E-state index in [1.165, 1.54) is 15.6 Å². The van der Waals surface area contributed by atoms with Crippen LogP contribution in [0.5, 0.6) is 0 Å². The van der Waals surface area contributed by atoms with Crippen molar-refractivity contribution in [1.29, 1.82) is 0 Å². The number of nitrogens with zero attached hydrogens (tertiary/aromatic N) is 1. The third-order valence-corrected chi connectivity index (χ3v) is 5.08. The average Bonchev–Trinajstić information content (AvgIpc) is 2.44. The summed E-state index contributed by atoms with van der Waals surface area (Å²) in [5.74, 6) is 0.530. The first kappa shape index (κ1) is 11.2. The van der Waals surface area contributed by atoms with Gasteiger partial charge >= 0.3 is 0 Å². The Morgan fingerprint density at radius 2 is 2.08 bits per heavy atom. The van der Waals surface area contributed by atoms with Gasteiger partial charge in [0.1, 0.15) is 0 Å². The molecule has 0 saturated carbocycles. The summed E-state index contributed by atoms with van der Waals surface area (Å²) in [6, 6.07) is 0. The van der Waals surface area contributed by atoms with E-state index in [0.29, 0.717) is 10.7 Å². The highest BCUT2D eigenvalue weighted by Gasteiger charge is 2.18. The van der Waals surface area contributed by atoms with Gasteiger partial charge in [0, 0.05) is 15.6 Å². The van der Waals surface area contributed by atoms with E-state index in [1.54, 1.807) is 0 Å². The Morgan fingerprint density at radius 3 is 2.46 bits per heavy atom. The van der Waals surface area contributed by atoms with Gasteiger partial charge in [-0.05, 0) is 20.3 Å². The van der Waals surface area contributed by atoms with Crippen molar-refractivity contribution in [3.05, 3.63) is 15.6 Å². The topological polar surface area (TPSA) is 12.9 Å². The van der Waals surface area contributed by atoms with Gasteiger partial charge in [-0.1, -0.05) is 29.8 Å². The van der Waals surface area contributed by atoms with Crippen molar-refractivity contribution in [2.45, 2.75) is 44.9 Å². The minimum Gasteiger partial charge on any atom is -0.246 e. The molecular weight excluding hydrogens is 246 g/mol. The number of rotatable bonds is 3. The number of hydrogen-bond donors (Lipinski definition) is 0. The number of aromatic nitrogens is 1. The summed E-state index contributed by atoms with van der Waals surface area (Å²) in [5, 5.41) is 1.26. The molecule has 0 aliphatic heterocycles. The largest absolute Gasteiger partial charge is 0.246 e. The molecule has 13 heavy (non-hydrogen) atoms. The van der Waals surface area contributed by atoms with Crippen LogP contribution < -0.4 is 0 Å². The number of hydrogen-bond acceptors (Lipinski definition) is 2. The number of alkyl halides is 1. The molecule has 74 valence electrons. The molecule has 0 aromatic carbocycles. The minimum absolute atomic E-state index is 0.530. The van der Waals surface area contributed by atoms with Crippen LogP contribution in [0, 0.1) is 13.8 Å². The third kappa shape index (κ3) is 2.53. The summed E-state index contributed by atoms with van der Waals surface area (Å²) in [4.78, 5) is 6.47. The average molecular weight is 262 g/mol. The molecule has 0 aliphatic rings.